The van der Waals surface area contributed by atoms with E-state index in [1.807, 2.05) is 0 Å². The summed E-state index contributed by atoms with van der Waals surface area (Å²) in [6.07, 6.45) is 3.25. The first kappa shape index (κ1) is 17.5. The van der Waals surface area contributed by atoms with Crippen molar-refractivity contribution < 1.29 is 8.42 Å². The van der Waals surface area contributed by atoms with Gasteiger partial charge in [0.2, 0.25) is 10.0 Å². The second-order valence-corrected chi connectivity index (χ2v) is 6.92. The summed E-state index contributed by atoms with van der Waals surface area (Å²) >= 11 is 5.85. The molecule has 2 N–H and O–H groups in total. The Balaban J connectivity index is 0.00000200. The standard InChI is InChI=1S/C13H17ClN2O2S.ClH/c14-12-4-1-3-11(9-12)6-8-19(17,18)16-7-2-5-13(15)10-16;/h1,3-4,6,8-9,13H,2,5,7,10,15H2;1H. The van der Waals surface area contributed by atoms with Gasteiger partial charge in [-0.15, -0.1) is 12.4 Å². The van der Waals surface area contributed by atoms with Crippen molar-refractivity contribution in [3.8, 4) is 0 Å². The fraction of sp³-hybridized carbons (Fsp3) is 0.385. The van der Waals surface area contributed by atoms with Crippen molar-refractivity contribution in [1.29, 1.82) is 0 Å². The van der Waals surface area contributed by atoms with Crippen molar-refractivity contribution in [3.05, 3.63) is 40.3 Å². The quantitative estimate of drug-likeness (QED) is 0.922. The van der Waals surface area contributed by atoms with Crippen molar-refractivity contribution in [3.63, 3.8) is 0 Å². The highest BCUT2D eigenvalue weighted by atomic mass is 35.5. The lowest BCUT2D eigenvalue weighted by atomic mass is 10.1. The van der Waals surface area contributed by atoms with E-state index in [-0.39, 0.29) is 18.4 Å². The summed E-state index contributed by atoms with van der Waals surface area (Å²) in [5.74, 6) is 0. The first-order valence-corrected chi connectivity index (χ1v) is 8.05. The molecule has 0 aromatic heterocycles. The van der Waals surface area contributed by atoms with Gasteiger partial charge in [-0.2, -0.15) is 4.31 Å². The van der Waals surface area contributed by atoms with Gasteiger partial charge in [0.25, 0.3) is 0 Å². The van der Waals surface area contributed by atoms with E-state index in [4.69, 9.17) is 17.3 Å². The molecule has 1 fully saturated rings. The molecule has 2 rings (SSSR count). The molecule has 112 valence electrons. The molecule has 0 saturated carbocycles. The Morgan fingerprint density at radius 1 is 1.40 bits per heavy atom. The first-order chi connectivity index (χ1) is 8.97. The summed E-state index contributed by atoms with van der Waals surface area (Å²) in [4.78, 5) is 0. The van der Waals surface area contributed by atoms with Gasteiger partial charge in [0.1, 0.15) is 0 Å². The van der Waals surface area contributed by atoms with Crippen LogP contribution < -0.4 is 5.73 Å². The second kappa shape index (κ2) is 7.43. The zero-order chi connectivity index (χ0) is 13.9. The number of sulfonamides is 1. The summed E-state index contributed by atoms with van der Waals surface area (Å²) in [5.41, 5.74) is 6.56. The average molecular weight is 337 g/mol. The third-order valence-electron chi connectivity index (χ3n) is 3.06. The molecule has 20 heavy (non-hydrogen) atoms. The van der Waals surface area contributed by atoms with Crippen LogP contribution in [0.25, 0.3) is 6.08 Å². The Hall–Kier alpha value is -0.590. The Labute approximate surface area is 131 Å². The van der Waals surface area contributed by atoms with Gasteiger partial charge >= 0.3 is 0 Å². The number of piperidine rings is 1. The van der Waals surface area contributed by atoms with Crippen molar-refractivity contribution in [2.75, 3.05) is 13.1 Å². The predicted octanol–water partition coefficient (Wildman–Crippen LogP) is 2.49. The van der Waals surface area contributed by atoms with Crippen LogP contribution in [-0.2, 0) is 10.0 Å². The Morgan fingerprint density at radius 3 is 2.80 bits per heavy atom. The van der Waals surface area contributed by atoms with E-state index >= 15 is 0 Å². The van der Waals surface area contributed by atoms with E-state index in [9.17, 15) is 8.42 Å². The van der Waals surface area contributed by atoms with Gasteiger partial charge in [-0.05, 0) is 36.6 Å². The van der Waals surface area contributed by atoms with E-state index in [0.717, 1.165) is 18.4 Å². The maximum atomic E-state index is 12.1. The van der Waals surface area contributed by atoms with Crippen LogP contribution >= 0.6 is 24.0 Å². The highest BCUT2D eigenvalue weighted by Crippen LogP contribution is 2.16. The molecular formula is C13H18Cl2N2O2S. The minimum absolute atomic E-state index is 0. The maximum Gasteiger partial charge on any atom is 0.236 e. The van der Waals surface area contributed by atoms with Gasteiger partial charge in [0, 0.05) is 29.6 Å². The third-order valence-corrected chi connectivity index (χ3v) is 4.83. The minimum Gasteiger partial charge on any atom is -0.327 e. The molecule has 1 aromatic rings. The van der Waals surface area contributed by atoms with E-state index in [2.05, 4.69) is 0 Å². The molecule has 1 saturated heterocycles. The topological polar surface area (TPSA) is 63.4 Å². The molecule has 0 spiro atoms. The van der Waals surface area contributed by atoms with E-state index in [1.165, 1.54) is 9.71 Å². The molecule has 0 aliphatic carbocycles. The molecular weight excluding hydrogens is 319 g/mol. The van der Waals surface area contributed by atoms with Crippen LogP contribution in [0.15, 0.2) is 29.7 Å². The number of hydrogen-bond donors (Lipinski definition) is 1. The van der Waals surface area contributed by atoms with Crippen LogP contribution in [-0.4, -0.2) is 31.9 Å². The number of halogens is 2. The van der Waals surface area contributed by atoms with Crippen molar-refractivity contribution >= 4 is 40.1 Å². The summed E-state index contributed by atoms with van der Waals surface area (Å²) in [6, 6.07) is 6.99. The van der Waals surface area contributed by atoms with Crippen molar-refractivity contribution in [2.45, 2.75) is 18.9 Å². The molecule has 1 aromatic carbocycles. The van der Waals surface area contributed by atoms with Crippen LogP contribution in [0, 0.1) is 0 Å². The van der Waals surface area contributed by atoms with Gasteiger partial charge in [-0.3, -0.25) is 0 Å². The second-order valence-electron chi connectivity index (χ2n) is 4.66. The van der Waals surface area contributed by atoms with E-state index in [1.54, 1.807) is 30.3 Å². The average Bonchev–Trinajstić information content (AvgIpc) is 2.37. The lowest BCUT2D eigenvalue weighted by Crippen LogP contribution is -2.44. The molecule has 7 heteroatoms. The maximum absolute atomic E-state index is 12.1. The van der Waals surface area contributed by atoms with Gasteiger partial charge in [0.15, 0.2) is 0 Å². The monoisotopic (exact) mass is 336 g/mol. The number of rotatable bonds is 3. The normalized spacial score (nSPS) is 20.8. The largest absolute Gasteiger partial charge is 0.327 e. The highest BCUT2D eigenvalue weighted by Gasteiger charge is 2.25. The molecule has 0 amide bonds. The third kappa shape index (κ3) is 4.75. The van der Waals surface area contributed by atoms with Gasteiger partial charge < -0.3 is 5.73 Å². The van der Waals surface area contributed by atoms with Gasteiger partial charge in [-0.1, -0.05) is 23.7 Å². The summed E-state index contributed by atoms with van der Waals surface area (Å²) in [5, 5.41) is 1.80. The molecule has 0 bridgehead atoms. The molecule has 0 radical (unpaired) electrons. The Morgan fingerprint density at radius 2 is 2.15 bits per heavy atom. The molecule has 1 aliphatic rings. The number of nitrogens with zero attached hydrogens (tertiary/aromatic N) is 1. The predicted molar refractivity (Wildman–Crippen MR) is 85.4 cm³/mol. The first-order valence-electron chi connectivity index (χ1n) is 6.17. The number of hydrogen-bond acceptors (Lipinski definition) is 3. The van der Waals surface area contributed by atoms with E-state index < -0.39 is 10.0 Å². The Kier molecular flexibility index (Phi) is 6.48. The number of nitrogens with two attached hydrogens (primary N) is 1. The fourth-order valence-electron chi connectivity index (χ4n) is 2.07. The van der Waals surface area contributed by atoms with Gasteiger partial charge in [-0.25, -0.2) is 8.42 Å². The minimum atomic E-state index is -3.40. The van der Waals surface area contributed by atoms with E-state index in [0.29, 0.717) is 18.1 Å². The lowest BCUT2D eigenvalue weighted by Gasteiger charge is -2.28. The Bertz CT molecular complexity index is 575. The summed E-state index contributed by atoms with van der Waals surface area (Å²) in [6.45, 7) is 0.929. The zero-order valence-corrected chi connectivity index (χ0v) is 13.3. The van der Waals surface area contributed by atoms with Crippen LogP contribution in [0.1, 0.15) is 18.4 Å². The smallest absolute Gasteiger partial charge is 0.236 e. The molecule has 4 nitrogen and oxygen atoms in total. The number of benzene rings is 1. The van der Waals surface area contributed by atoms with Crippen LogP contribution in [0.4, 0.5) is 0 Å². The van der Waals surface area contributed by atoms with Crippen molar-refractivity contribution in [1.82, 2.24) is 4.31 Å². The van der Waals surface area contributed by atoms with Crippen LogP contribution in [0.5, 0.6) is 0 Å². The SMILES string of the molecule is Cl.NC1CCCN(S(=O)(=O)C=Cc2cccc(Cl)c2)C1. The fourth-order valence-corrected chi connectivity index (χ4v) is 3.55. The van der Waals surface area contributed by atoms with Crippen molar-refractivity contribution in [2.24, 2.45) is 5.73 Å². The van der Waals surface area contributed by atoms with Gasteiger partial charge in [0.05, 0.1) is 0 Å². The zero-order valence-electron chi connectivity index (χ0n) is 10.9. The molecule has 1 heterocycles. The van der Waals surface area contributed by atoms with Crippen LogP contribution in [0.3, 0.4) is 0 Å². The summed E-state index contributed by atoms with van der Waals surface area (Å²) < 4.78 is 25.7. The summed E-state index contributed by atoms with van der Waals surface area (Å²) in [7, 11) is -3.40. The van der Waals surface area contributed by atoms with Crippen LogP contribution in [0.2, 0.25) is 5.02 Å². The molecule has 1 aliphatic heterocycles. The highest BCUT2D eigenvalue weighted by molar-refractivity contribution is 7.92. The molecule has 1 atom stereocenters. The molecule has 1 unspecified atom stereocenters. The lowest BCUT2D eigenvalue weighted by molar-refractivity contribution is 0.319.